The highest BCUT2D eigenvalue weighted by Gasteiger charge is 2.28. The zero-order valence-corrected chi connectivity index (χ0v) is 11.0. The lowest BCUT2D eigenvalue weighted by molar-refractivity contribution is -0.384. The number of nitro benzene ring substituents is 1. The van der Waals surface area contributed by atoms with Crippen molar-refractivity contribution < 1.29 is 9.72 Å². The van der Waals surface area contributed by atoms with Crippen molar-refractivity contribution in [1.82, 2.24) is 4.90 Å². The molecule has 2 rings (SSSR count). The molecule has 0 saturated carbocycles. The van der Waals surface area contributed by atoms with Gasteiger partial charge in [-0.1, -0.05) is 11.6 Å². The third kappa shape index (κ3) is 2.85. The Kier molecular flexibility index (Phi) is 4.01. The predicted octanol–water partition coefficient (Wildman–Crippen LogP) is 1.67. The van der Waals surface area contributed by atoms with Gasteiger partial charge >= 0.3 is 0 Å². The fourth-order valence-electron chi connectivity index (χ4n) is 2.17. The first-order valence-electron chi connectivity index (χ1n) is 5.96. The van der Waals surface area contributed by atoms with Crippen molar-refractivity contribution in [3.63, 3.8) is 0 Å². The number of likely N-dealkylation sites (tertiary alicyclic amines) is 1. The van der Waals surface area contributed by atoms with Gasteiger partial charge in [-0.25, -0.2) is 0 Å². The van der Waals surface area contributed by atoms with E-state index in [2.05, 4.69) is 0 Å². The highest BCUT2D eigenvalue weighted by Crippen LogP contribution is 2.25. The Morgan fingerprint density at radius 1 is 1.58 bits per heavy atom. The SMILES string of the molecule is NCC1CCN(C(=O)c2cc([N+](=O)[O-])ccc2Cl)C1. The van der Waals surface area contributed by atoms with E-state index in [0.717, 1.165) is 6.42 Å². The van der Waals surface area contributed by atoms with Gasteiger partial charge in [0.15, 0.2) is 0 Å². The maximum Gasteiger partial charge on any atom is 0.270 e. The summed E-state index contributed by atoms with van der Waals surface area (Å²) in [5.74, 6) is 0.0195. The summed E-state index contributed by atoms with van der Waals surface area (Å²) in [5, 5.41) is 11.0. The average molecular weight is 284 g/mol. The van der Waals surface area contributed by atoms with Gasteiger partial charge in [0.05, 0.1) is 15.5 Å². The molecule has 102 valence electrons. The molecule has 1 heterocycles. The fourth-order valence-corrected chi connectivity index (χ4v) is 2.37. The van der Waals surface area contributed by atoms with Crippen LogP contribution < -0.4 is 5.73 Å². The lowest BCUT2D eigenvalue weighted by Crippen LogP contribution is -2.30. The van der Waals surface area contributed by atoms with Crippen molar-refractivity contribution in [3.05, 3.63) is 38.9 Å². The van der Waals surface area contributed by atoms with E-state index < -0.39 is 4.92 Å². The minimum Gasteiger partial charge on any atom is -0.338 e. The molecule has 0 aromatic heterocycles. The molecule has 0 spiro atoms. The number of nitro groups is 1. The molecule has 1 aliphatic heterocycles. The third-order valence-electron chi connectivity index (χ3n) is 3.30. The molecule has 6 nitrogen and oxygen atoms in total. The Hall–Kier alpha value is -1.66. The number of carbonyl (C=O) groups is 1. The van der Waals surface area contributed by atoms with Crippen LogP contribution in [-0.4, -0.2) is 35.4 Å². The van der Waals surface area contributed by atoms with Gasteiger partial charge in [-0.05, 0) is 24.9 Å². The lowest BCUT2D eigenvalue weighted by atomic mass is 10.1. The number of rotatable bonds is 3. The van der Waals surface area contributed by atoms with Crippen molar-refractivity contribution in [2.24, 2.45) is 11.7 Å². The highest BCUT2D eigenvalue weighted by molar-refractivity contribution is 6.33. The van der Waals surface area contributed by atoms with Gasteiger partial charge in [0.1, 0.15) is 0 Å². The van der Waals surface area contributed by atoms with Crippen molar-refractivity contribution in [2.45, 2.75) is 6.42 Å². The second-order valence-corrected chi connectivity index (χ2v) is 4.97. The Balaban J connectivity index is 2.24. The molecule has 1 unspecified atom stereocenters. The van der Waals surface area contributed by atoms with Crippen molar-refractivity contribution in [1.29, 1.82) is 0 Å². The molecule has 1 fully saturated rings. The number of hydrogen-bond acceptors (Lipinski definition) is 4. The molecule has 19 heavy (non-hydrogen) atoms. The van der Waals surface area contributed by atoms with Gasteiger partial charge in [0.2, 0.25) is 0 Å². The van der Waals surface area contributed by atoms with E-state index in [9.17, 15) is 14.9 Å². The van der Waals surface area contributed by atoms with Crippen LogP contribution >= 0.6 is 11.6 Å². The van der Waals surface area contributed by atoms with Crippen molar-refractivity contribution in [3.8, 4) is 0 Å². The molecular weight excluding hydrogens is 270 g/mol. The van der Waals surface area contributed by atoms with E-state index in [1.54, 1.807) is 4.90 Å². The summed E-state index contributed by atoms with van der Waals surface area (Å²) in [4.78, 5) is 24.1. The second-order valence-electron chi connectivity index (χ2n) is 4.56. The van der Waals surface area contributed by atoms with Crippen LogP contribution in [0.25, 0.3) is 0 Å². The minimum absolute atomic E-state index is 0.137. The standard InChI is InChI=1S/C12H14ClN3O3/c13-11-2-1-9(16(18)19)5-10(11)12(17)15-4-3-8(6-14)7-15/h1-2,5,8H,3-4,6-7,14H2. The van der Waals surface area contributed by atoms with E-state index >= 15 is 0 Å². The van der Waals surface area contributed by atoms with Gasteiger partial charge in [-0.15, -0.1) is 0 Å². The third-order valence-corrected chi connectivity index (χ3v) is 3.63. The topological polar surface area (TPSA) is 89.5 Å². The molecule has 1 aromatic carbocycles. The number of non-ortho nitro benzene ring substituents is 1. The van der Waals surface area contributed by atoms with Gasteiger partial charge in [0.25, 0.3) is 11.6 Å². The lowest BCUT2D eigenvalue weighted by Gasteiger charge is -2.16. The average Bonchev–Trinajstić information content (AvgIpc) is 2.87. The Morgan fingerprint density at radius 2 is 2.32 bits per heavy atom. The number of hydrogen-bond donors (Lipinski definition) is 1. The summed E-state index contributed by atoms with van der Waals surface area (Å²) < 4.78 is 0. The van der Waals surface area contributed by atoms with Gasteiger partial charge in [0, 0.05) is 25.2 Å². The zero-order valence-electron chi connectivity index (χ0n) is 10.2. The smallest absolute Gasteiger partial charge is 0.270 e. The molecule has 1 aromatic rings. The number of carbonyl (C=O) groups excluding carboxylic acids is 1. The maximum absolute atomic E-state index is 12.3. The van der Waals surface area contributed by atoms with Crippen LogP contribution in [0.4, 0.5) is 5.69 Å². The molecule has 1 saturated heterocycles. The van der Waals surface area contributed by atoms with Gasteiger partial charge < -0.3 is 10.6 Å². The van der Waals surface area contributed by atoms with Gasteiger partial charge in [-0.3, -0.25) is 14.9 Å². The number of amides is 1. The van der Waals surface area contributed by atoms with E-state index in [1.165, 1.54) is 18.2 Å². The van der Waals surface area contributed by atoms with E-state index in [4.69, 9.17) is 17.3 Å². The summed E-state index contributed by atoms with van der Waals surface area (Å²) in [7, 11) is 0. The van der Waals surface area contributed by atoms with Crippen molar-refractivity contribution in [2.75, 3.05) is 19.6 Å². The predicted molar refractivity (Wildman–Crippen MR) is 71.2 cm³/mol. The second kappa shape index (κ2) is 5.54. The molecule has 7 heteroatoms. The quantitative estimate of drug-likeness (QED) is 0.675. The Labute approximate surface area is 115 Å². The van der Waals surface area contributed by atoms with Crippen LogP contribution in [-0.2, 0) is 0 Å². The van der Waals surface area contributed by atoms with Crippen molar-refractivity contribution >= 4 is 23.2 Å². The summed E-state index contributed by atoms with van der Waals surface area (Å²) in [6.45, 7) is 1.72. The number of nitrogens with two attached hydrogens (primary N) is 1. The summed E-state index contributed by atoms with van der Waals surface area (Å²) in [6.07, 6.45) is 0.856. The summed E-state index contributed by atoms with van der Waals surface area (Å²) in [6, 6.07) is 3.88. The highest BCUT2D eigenvalue weighted by atomic mass is 35.5. The fraction of sp³-hybridized carbons (Fsp3) is 0.417. The van der Waals surface area contributed by atoms with Crippen LogP contribution in [0.15, 0.2) is 18.2 Å². The molecule has 1 aliphatic rings. The molecular formula is C12H14ClN3O3. The first-order chi connectivity index (χ1) is 9.02. The Morgan fingerprint density at radius 3 is 2.89 bits per heavy atom. The molecule has 2 N–H and O–H groups in total. The van der Waals surface area contributed by atoms with Crippen LogP contribution in [0, 0.1) is 16.0 Å². The number of nitrogens with zero attached hydrogens (tertiary/aromatic N) is 2. The molecule has 1 atom stereocenters. The molecule has 0 aliphatic carbocycles. The summed E-state index contributed by atoms with van der Waals surface area (Å²) >= 11 is 5.95. The first kappa shape index (κ1) is 13.8. The van der Waals surface area contributed by atoms with Gasteiger partial charge in [-0.2, -0.15) is 0 Å². The minimum atomic E-state index is -0.542. The molecule has 0 bridgehead atoms. The van der Waals surface area contributed by atoms with Crippen LogP contribution in [0.1, 0.15) is 16.8 Å². The number of benzene rings is 1. The first-order valence-corrected chi connectivity index (χ1v) is 6.34. The Bertz CT molecular complexity index is 521. The van der Waals surface area contributed by atoms with E-state index in [0.29, 0.717) is 25.6 Å². The monoisotopic (exact) mass is 283 g/mol. The molecule has 1 amide bonds. The zero-order chi connectivity index (χ0) is 14.0. The molecule has 0 radical (unpaired) electrons. The maximum atomic E-state index is 12.3. The van der Waals surface area contributed by atoms with E-state index in [-0.39, 0.29) is 22.2 Å². The van der Waals surface area contributed by atoms with Crippen LogP contribution in [0.3, 0.4) is 0 Å². The summed E-state index contributed by atoms with van der Waals surface area (Å²) in [5.41, 5.74) is 5.61. The number of halogens is 1. The largest absolute Gasteiger partial charge is 0.338 e. The normalized spacial score (nSPS) is 18.6. The van der Waals surface area contributed by atoms with E-state index in [1.807, 2.05) is 0 Å². The van der Waals surface area contributed by atoms with Crippen LogP contribution in [0.5, 0.6) is 0 Å². The van der Waals surface area contributed by atoms with Crippen LogP contribution in [0.2, 0.25) is 5.02 Å².